The lowest BCUT2D eigenvalue weighted by molar-refractivity contribution is -0.0714. The van der Waals surface area contributed by atoms with Crippen LogP contribution in [-0.2, 0) is 15.3 Å². The monoisotopic (exact) mass is 417 g/mol. The van der Waals surface area contributed by atoms with Gasteiger partial charge in [0.05, 0.1) is 22.1 Å². The fourth-order valence-electron chi connectivity index (χ4n) is 2.97. The van der Waals surface area contributed by atoms with E-state index in [-0.39, 0.29) is 5.56 Å². The fourth-order valence-corrected chi connectivity index (χ4v) is 4.70. The molecule has 3 rings (SSSR count). The molecule has 0 aromatic heterocycles. The van der Waals surface area contributed by atoms with E-state index in [1.165, 1.54) is 0 Å². The van der Waals surface area contributed by atoms with Gasteiger partial charge in [0.2, 0.25) is 9.84 Å². The molecule has 0 bridgehead atoms. The molecule has 0 saturated heterocycles. The number of sulfone groups is 1. The summed E-state index contributed by atoms with van der Waals surface area (Å²) < 4.78 is 98.6. The lowest BCUT2D eigenvalue weighted by Gasteiger charge is -2.26. The second-order valence-electron chi connectivity index (χ2n) is 6.13. The maximum absolute atomic E-state index is 14.2. The zero-order chi connectivity index (χ0) is 21.1. The zero-order valence-electron chi connectivity index (χ0n) is 13.9. The van der Waals surface area contributed by atoms with E-state index in [1.54, 1.807) is 6.07 Å². The maximum atomic E-state index is 14.2. The summed E-state index contributed by atoms with van der Waals surface area (Å²) >= 11 is 0. The highest BCUT2D eigenvalue weighted by atomic mass is 32.2. The molecule has 0 amide bonds. The molecule has 2 aromatic carbocycles. The molecule has 1 aliphatic rings. The van der Waals surface area contributed by atoms with Crippen LogP contribution < -0.4 is 4.74 Å². The molecular formula is C16H9BF5NO4S. The highest BCUT2D eigenvalue weighted by Gasteiger charge is 2.68. The van der Waals surface area contributed by atoms with Crippen molar-refractivity contribution in [3.8, 4) is 17.6 Å². The normalized spacial score (nSPS) is 21.9. The topological polar surface area (TPSA) is 87.4 Å². The van der Waals surface area contributed by atoms with E-state index in [0.29, 0.717) is 20.0 Å². The van der Waals surface area contributed by atoms with Crippen LogP contribution in [0, 0.1) is 17.1 Å². The van der Waals surface area contributed by atoms with Gasteiger partial charge in [-0.2, -0.15) is 14.0 Å². The van der Waals surface area contributed by atoms with Crippen LogP contribution in [0.25, 0.3) is 0 Å². The first-order valence-electron chi connectivity index (χ1n) is 7.53. The molecular weight excluding hydrogens is 408 g/mol. The minimum absolute atomic E-state index is 0.198. The fraction of sp³-hybridized carbons (Fsp3) is 0.188. The molecule has 0 aliphatic carbocycles. The van der Waals surface area contributed by atoms with E-state index in [4.69, 9.17) is 10.00 Å². The van der Waals surface area contributed by atoms with Crippen LogP contribution in [-0.4, -0.2) is 26.6 Å². The minimum atomic E-state index is -5.43. The molecule has 146 valence electrons. The number of rotatable bonds is 3. The molecule has 1 heterocycles. The van der Waals surface area contributed by atoms with Crippen LogP contribution >= 0.6 is 0 Å². The third-order valence-electron chi connectivity index (χ3n) is 4.29. The van der Waals surface area contributed by atoms with Crippen molar-refractivity contribution in [1.82, 2.24) is 0 Å². The zero-order valence-corrected chi connectivity index (χ0v) is 14.7. The van der Waals surface area contributed by atoms with E-state index in [2.05, 4.69) is 0 Å². The summed E-state index contributed by atoms with van der Waals surface area (Å²) in [4.78, 5) is -1.15. The maximum Gasteiger partial charge on any atom is 0.373 e. The van der Waals surface area contributed by atoms with E-state index >= 15 is 0 Å². The Bertz CT molecular complexity index is 1130. The first-order chi connectivity index (χ1) is 12.8. The number of hydrogen-bond acceptors (Lipinski definition) is 5. The lowest BCUT2D eigenvalue weighted by Crippen LogP contribution is -2.45. The largest absolute Gasteiger partial charge is 0.457 e. The number of fused-ring (bicyclic) bond motifs is 1. The number of nitriles is 1. The van der Waals surface area contributed by atoms with Crippen molar-refractivity contribution in [3.63, 3.8) is 0 Å². The summed E-state index contributed by atoms with van der Waals surface area (Å²) in [5.74, 6) is -2.09. The Morgan fingerprint density at radius 2 is 1.86 bits per heavy atom. The number of aliphatic hydroxyl groups is 1. The van der Waals surface area contributed by atoms with Crippen molar-refractivity contribution in [2.45, 2.75) is 22.1 Å². The summed E-state index contributed by atoms with van der Waals surface area (Å²) in [6.07, 6.45) is -3.51. The number of nitrogens with zero attached hydrogens (tertiary/aromatic N) is 1. The summed E-state index contributed by atoms with van der Waals surface area (Å²) in [7, 11) is -5.03. The minimum Gasteiger partial charge on any atom is -0.457 e. The highest BCUT2D eigenvalue weighted by molar-refractivity contribution is 7.93. The first kappa shape index (κ1) is 20.1. The molecule has 0 radical (unpaired) electrons. The molecule has 1 aliphatic heterocycles. The highest BCUT2D eigenvalue weighted by Crippen LogP contribution is 2.55. The Labute approximate surface area is 156 Å². The summed E-state index contributed by atoms with van der Waals surface area (Å²) in [5, 5.41) is 14.2. The third kappa shape index (κ3) is 2.65. The summed E-state index contributed by atoms with van der Waals surface area (Å²) in [5.41, 5.74) is -6.12. The van der Waals surface area contributed by atoms with Crippen molar-refractivity contribution < 1.29 is 40.2 Å². The van der Waals surface area contributed by atoms with Gasteiger partial charge in [0.25, 0.3) is 6.43 Å². The summed E-state index contributed by atoms with van der Waals surface area (Å²) in [6, 6.07) is 5.54. The average molecular weight is 417 g/mol. The Kier molecular flexibility index (Phi) is 4.44. The van der Waals surface area contributed by atoms with E-state index in [0.717, 1.165) is 18.2 Å². The second kappa shape index (κ2) is 6.18. The number of halogens is 5. The molecule has 1 atom stereocenters. The Hall–Kier alpha value is -2.65. The van der Waals surface area contributed by atoms with Crippen LogP contribution in [0.4, 0.5) is 22.0 Å². The van der Waals surface area contributed by atoms with E-state index in [9.17, 15) is 35.5 Å². The van der Waals surface area contributed by atoms with Gasteiger partial charge >= 0.3 is 5.25 Å². The number of alkyl halides is 4. The first-order valence-corrected chi connectivity index (χ1v) is 9.01. The van der Waals surface area contributed by atoms with E-state index < -0.39 is 60.4 Å². The van der Waals surface area contributed by atoms with Crippen LogP contribution in [0.15, 0.2) is 35.2 Å². The van der Waals surface area contributed by atoms with Gasteiger partial charge in [-0.05, 0) is 24.3 Å². The van der Waals surface area contributed by atoms with Crippen LogP contribution in [0.3, 0.4) is 0 Å². The Morgan fingerprint density at radius 3 is 2.43 bits per heavy atom. The van der Waals surface area contributed by atoms with Crippen LogP contribution in [0.2, 0.25) is 0 Å². The number of ether oxygens (including phenoxy) is 1. The smallest absolute Gasteiger partial charge is 0.373 e. The van der Waals surface area contributed by atoms with Crippen molar-refractivity contribution in [2.75, 3.05) is 0 Å². The van der Waals surface area contributed by atoms with Gasteiger partial charge in [0.15, 0.2) is 7.85 Å². The number of benzene rings is 2. The van der Waals surface area contributed by atoms with Crippen molar-refractivity contribution in [1.29, 1.82) is 5.26 Å². The predicted molar refractivity (Wildman–Crippen MR) is 87.2 cm³/mol. The molecule has 0 spiro atoms. The Balaban J connectivity index is 2.26. The van der Waals surface area contributed by atoms with Gasteiger partial charge in [-0.25, -0.2) is 21.6 Å². The van der Waals surface area contributed by atoms with Gasteiger partial charge in [0.1, 0.15) is 22.8 Å². The van der Waals surface area contributed by atoms with Crippen LogP contribution in [0.5, 0.6) is 11.5 Å². The third-order valence-corrected chi connectivity index (χ3v) is 6.29. The molecule has 1 N–H and O–H groups in total. The standard InChI is InChI=1S/C16H9BF5NO4S/c17-15(24)13-11(28(25,26)16(15,21)22)2-1-10(12(13)14(19)20)27-9-4-7(6-23)3-8(18)5-9/h1-5,14,24H,17H2. The average Bonchev–Trinajstić information content (AvgIpc) is 2.69. The van der Waals surface area contributed by atoms with Gasteiger partial charge in [-0.1, -0.05) is 0 Å². The van der Waals surface area contributed by atoms with Gasteiger partial charge in [0, 0.05) is 11.6 Å². The molecule has 12 heteroatoms. The van der Waals surface area contributed by atoms with Gasteiger partial charge < -0.3 is 9.84 Å². The molecule has 28 heavy (non-hydrogen) atoms. The van der Waals surface area contributed by atoms with Gasteiger partial charge in [-0.3, -0.25) is 0 Å². The SMILES string of the molecule is BC1(O)c2c(ccc(Oc3cc(F)cc(C#N)c3)c2C(F)F)S(=O)(=O)C1(F)F. The molecule has 0 fully saturated rings. The van der Waals surface area contributed by atoms with Crippen LogP contribution in [0.1, 0.15) is 23.1 Å². The molecule has 0 saturated carbocycles. The predicted octanol–water partition coefficient (Wildman–Crippen LogP) is 2.59. The van der Waals surface area contributed by atoms with Crippen molar-refractivity contribution in [2.24, 2.45) is 0 Å². The number of hydrogen-bond donors (Lipinski definition) is 1. The molecule has 5 nitrogen and oxygen atoms in total. The molecule has 1 unspecified atom stereocenters. The van der Waals surface area contributed by atoms with Gasteiger partial charge in [-0.15, -0.1) is 0 Å². The second-order valence-corrected chi connectivity index (χ2v) is 8.09. The summed E-state index contributed by atoms with van der Waals surface area (Å²) in [6.45, 7) is 0. The van der Waals surface area contributed by atoms with Crippen molar-refractivity contribution >= 4 is 17.7 Å². The van der Waals surface area contributed by atoms with Crippen molar-refractivity contribution in [3.05, 3.63) is 52.8 Å². The molecule has 2 aromatic rings. The quantitative estimate of drug-likeness (QED) is 0.613. The van der Waals surface area contributed by atoms with E-state index in [1.807, 2.05) is 0 Å². The Morgan fingerprint density at radius 1 is 1.21 bits per heavy atom. The lowest BCUT2D eigenvalue weighted by atomic mass is 9.74.